The normalized spacial score (nSPS) is 11.3. The van der Waals surface area contributed by atoms with Crippen LogP contribution >= 0.6 is 11.8 Å². The van der Waals surface area contributed by atoms with E-state index in [1.54, 1.807) is 14.2 Å². The van der Waals surface area contributed by atoms with Gasteiger partial charge < -0.3 is 20.1 Å². The molecule has 0 spiro atoms. The van der Waals surface area contributed by atoms with Gasteiger partial charge in [-0.2, -0.15) is 0 Å². The predicted octanol–water partition coefficient (Wildman–Crippen LogP) is 3.48. The number of rotatable bonds is 10. The van der Waals surface area contributed by atoms with Crippen LogP contribution in [0.15, 0.2) is 58.4 Å². The number of guanidine groups is 1. The van der Waals surface area contributed by atoms with Gasteiger partial charge in [-0.05, 0) is 30.7 Å². The summed E-state index contributed by atoms with van der Waals surface area (Å²) in [6.07, 6.45) is 0. The lowest BCUT2D eigenvalue weighted by Crippen LogP contribution is -2.38. The number of aliphatic imine (C=N–C) groups is 1. The molecule has 0 aliphatic carbocycles. The molecule has 6 heteroatoms. The molecule has 2 N–H and O–H groups in total. The zero-order valence-corrected chi connectivity index (χ0v) is 17.1. The quantitative estimate of drug-likeness (QED) is 0.283. The predicted molar refractivity (Wildman–Crippen MR) is 114 cm³/mol. The first-order valence-electron chi connectivity index (χ1n) is 9.06. The van der Waals surface area contributed by atoms with Crippen LogP contribution in [0.4, 0.5) is 0 Å². The first-order valence-corrected chi connectivity index (χ1v) is 10.0. The third-order valence-electron chi connectivity index (χ3n) is 3.84. The Kier molecular flexibility index (Phi) is 9.58. The van der Waals surface area contributed by atoms with Gasteiger partial charge in [0.05, 0.1) is 6.61 Å². The number of aryl methyl sites for hydroxylation is 1. The number of ether oxygens (including phenoxy) is 2. The van der Waals surface area contributed by atoms with Gasteiger partial charge in [-0.15, -0.1) is 11.8 Å². The van der Waals surface area contributed by atoms with E-state index in [0.29, 0.717) is 19.8 Å². The second-order valence-electron chi connectivity index (χ2n) is 5.97. The fraction of sp³-hybridized carbons (Fsp3) is 0.381. The van der Waals surface area contributed by atoms with Crippen LogP contribution in [0.2, 0.25) is 0 Å². The van der Waals surface area contributed by atoms with Crippen molar-refractivity contribution in [3.8, 4) is 5.75 Å². The number of thioether (sulfide) groups is 1. The molecule has 146 valence electrons. The lowest BCUT2D eigenvalue weighted by molar-refractivity contribution is 0.145. The Morgan fingerprint density at radius 2 is 1.89 bits per heavy atom. The molecule has 5 nitrogen and oxygen atoms in total. The summed E-state index contributed by atoms with van der Waals surface area (Å²) in [7, 11) is 3.46. The molecule has 0 saturated heterocycles. The molecule has 2 rings (SSSR count). The summed E-state index contributed by atoms with van der Waals surface area (Å²) in [6, 6.07) is 16.6. The highest BCUT2D eigenvalue weighted by atomic mass is 32.2. The van der Waals surface area contributed by atoms with E-state index in [1.807, 2.05) is 17.8 Å². The summed E-state index contributed by atoms with van der Waals surface area (Å²) >= 11 is 1.83. The molecular weight excluding hydrogens is 358 g/mol. The second kappa shape index (κ2) is 12.3. The molecule has 0 unspecified atom stereocenters. The van der Waals surface area contributed by atoms with Crippen molar-refractivity contribution >= 4 is 17.7 Å². The number of hydrogen-bond acceptors (Lipinski definition) is 4. The van der Waals surface area contributed by atoms with E-state index < -0.39 is 0 Å². The standard InChI is InChI=1S/C21H29N3O2S/c1-17-9-10-18(20(15-17)26-13-12-25-3)16-24-21(22-2)23-11-14-27-19-7-5-4-6-8-19/h4-10,15H,11-14,16H2,1-3H3,(H2,22,23,24). The van der Waals surface area contributed by atoms with Gasteiger partial charge in [0.15, 0.2) is 5.96 Å². The average molecular weight is 388 g/mol. The molecule has 0 heterocycles. The van der Waals surface area contributed by atoms with Crippen molar-refractivity contribution in [2.45, 2.75) is 18.4 Å². The zero-order chi connectivity index (χ0) is 19.3. The smallest absolute Gasteiger partial charge is 0.191 e. The van der Waals surface area contributed by atoms with Gasteiger partial charge in [-0.25, -0.2) is 0 Å². The largest absolute Gasteiger partial charge is 0.491 e. The van der Waals surface area contributed by atoms with E-state index in [-0.39, 0.29) is 0 Å². The summed E-state index contributed by atoms with van der Waals surface area (Å²) in [5.74, 6) is 2.64. The maximum Gasteiger partial charge on any atom is 0.191 e. The van der Waals surface area contributed by atoms with Gasteiger partial charge in [-0.1, -0.05) is 30.3 Å². The molecule has 0 saturated carbocycles. The SMILES string of the molecule is CN=C(NCCSc1ccccc1)NCc1ccc(C)cc1OCCOC. The Morgan fingerprint density at radius 3 is 2.63 bits per heavy atom. The van der Waals surface area contributed by atoms with Crippen molar-refractivity contribution in [3.63, 3.8) is 0 Å². The molecule has 0 fully saturated rings. The highest BCUT2D eigenvalue weighted by Gasteiger charge is 2.06. The Balaban J connectivity index is 1.79. The van der Waals surface area contributed by atoms with E-state index in [1.165, 1.54) is 10.5 Å². The lowest BCUT2D eigenvalue weighted by Gasteiger charge is -2.15. The number of methoxy groups -OCH3 is 1. The van der Waals surface area contributed by atoms with E-state index in [0.717, 1.165) is 29.6 Å². The highest BCUT2D eigenvalue weighted by molar-refractivity contribution is 7.99. The molecule has 0 aliphatic rings. The van der Waals surface area contributed by atoms with Crippen LogP contribution in [-0.4, -0.2) is 45.6 Å². The van der Waals surface area contributed by atoms with E-state index >= 15 is 0 Å². The van der Waals surface area contributed by atoms with Crippen LogP contribution in [0.25, 0.3) is 0 Å². The third kappa shape index (κ3) is 7.93. The van der Waals surface area contributed by atoms with Crippen molar-refractivity contribution in [3.05, 3.63) is 59.7 Å². The molecule has 0 atom stereocenters. The minimum Gasteiger partial charge on any atom is -0.491 e. The van der Waals surface area contributed by atoms with E-state index in [4.69, 9.17) is 9.47 Å². The topological polar surface area (TPSA) is 54.9 Å². The summed E-state index contributed by atoms with van der Waals surface area (Å²) in [4.78, 5) is 5.57. The summed E-state index contributed by atoms with van der Waals surface area (Å²) < 4.78 is 10.9. The van der Waals surface area contributed by atoms with Gasteiger partial charge in [-0.3, -0.25) is 4.99 Å². The van der Waals surface area contributed by atoms with Gasteiger partial charge >= 0.3 is 0 Å². The van der Waals surface area contributed by atoms with Crippen LogP contribution in [-0.2, 0) is 11.3 Å². The number of hydrogen-bond donors (Lipinski definition) is 2. The van der Waals surface area contributed by atoms with Gasteiger partial charge in [0, 0.05) is 43.5 Å². The second-order valence-corrected chi connectivity index (χ2v) is 7.13. The maximum atomic E-state index is 5.84. The summed E-state index contributed by atoms with van der Waals surface area (Å²) in [5.41, 5.74) is 2.27. The van der Waals surface area contributed by atoms with Crippen LogP contribution in [0.5, 0.6) is 5.75 Å². The van der Waals surface area contributed by atoms with Gasteiger partial charge in [0.2, 0.25) is 0 Å². The molecule has 2 aromatic rings. The fourth-order valence-corrected chi connectivity index (χ4v) is 3.22. The molecule has 27 heavy (non-hydrogen) atoms. The third-order valence-corrected chi connectivity index (χ3v) is 4.86. The lowest BCUT2D eigenvalue weighted by atomic mass is 10.1. The minimum absolute atomic E-state index is 0.538. The van der Waals surface area contributed by atoms with Gasteiger partial charge in [0.1, 0.15) is 12.4 Å². The molecule has 0 amide bonds. The molecule has 0 radical (unpaired) electrons. The van der Waals surface area contributed by atoms with Crippen molar-refractivity contribution in [1.82, 2.24) is 10.6 Å². The first kappa shape index (κ1) is 21.1. The Labute approximate surface area is 166 Å². The fourth-order valence-electron chi connectivity index (χ4n) is 2.43. The van der Waals surface area contributed by atoms with Crippen molar-refractivity contribution in [1.29, 1.82) is 0 Å². The summed E-state index contributed by atoms with van der Waals surface area (Å²) in [5, 5.41) is 6.70. The van der Waals surface area contributed by atoms with Crippen molar-refractivity contribution in [2.75, 3.05) is 39.7 Å². The Hall–Kier alpha value is -2.18. The molecular formula is C21H29N3O2S. The first-order chi connectivity index (χ1) is 13.2. The number of nitrogens with one attached hydrogen (secondary N) is 2. The van der Waals surface area contributed by atoms with E-state index in [2.05, 4.69) is 65.0 Å². The maximum absolute atomic E-state index is 5.84. The molecule has 0 aromatic heterocycles. The zero-order valence-electron chi connectivity index (χ0n) is 16.3. The summed E-state index contributed by atoms with van der Waals surface area (Å²) in [6.45, 7) is 4.66. The van der Waals surface area contributed by atoms with Crippen LogP contribution < -0.4 is 15.4 Å². The van der Waals surface area contributed by atoms with Crippen molar-refractivity contribution < 1.29 is 9.47 Å². The Morgan fingerprint density at radius 1 is 1.07 bits per heavy atom. The Bertz CT molecular complexity index is 708. The molecule has 0 bridgehead atoms. The molecule has 0 aliphatic heterocycles. The highest BCUT2D eigenvalue weighted by Crippen LogP contribution is 2.20. The minimum atomic E-state index is 0.538. The number of benzene rings is 2. The van der Waals surface area contributed by atoms with Crippen molar-refractivity contribution in [2.24, 2.45) is 4.99 Å². The number of nitrogens with zero attached hydrogens (tertiary/aromatic N) is 1. The van der Waals surface area contributed by atoms with Crippen LogP contribution in [0, 0.1) is 6.92 Å². The van der Waals surface area contributed by atoms with Gasteiger partial charge in [0.25, 0.3) is 0 Å². The molecule has 2 aromatic carbocycles. The van der Waals surface area contributed by atoms with Crippen LogP contribution in [0.1, 0.15) is 11.1 Å². The van der Waals surface area contributed by atoms with Crippen LogP contribution in [0.3, 0.4) is 0 Å². The van der Waals surface area contributed by atoms with E-state index in [9.17, 15) is 0 Å². The monoisotopic (exact) mass is 387 g/mol. The average Bonchev–Trinajstić information content (AvgIpc) is 2.69.